The SMILES string of the molecule is O=C(COc1ccc(/C=N/NC(=O)c2cccnc2)cc1)Nc1ccc(F)cc1. The summed E-state index contributed by atoms with van der Waals surface area (Å²) in [4.78, 5) is 27.6. The quantitative estimate of drug-likeness (QED) is 0.478. The zero-order chi connectivity index (χ0) is 20.5. The second-order valence-electron chi connectivity index (χ2n) is 5.85. The van der Waals surface area contributed by atoms with Gasteiger partial charge in [0.1, 0.15) is 11.6 Å². The molecule has 0 aliphatic rings. The number of hydrazone groups is 1. The van der Waals surface area contributed by atoms with E-state index in [1.165, 1.54) is 36.7 Å². The predicted molar refractivity (Wildman–Crippen MR) is 106 cm³/mol. The first kappa shape index (κ1) is 19.7. The number of hydrogen-bond acceptors (Lipinski definition) is 5. The van der Waals surface area contributed by atoms with E-state index in [9.17, 15) is 14.0 Å². The lowest BCUT2D eigenvalue weighted by molar-refractivity contribution is -0.118. The van der Waals surface area contributed by atoms with Crippen LogP contribution >= 0.6 is 0 Å². The van der Waals surface area contributed by atoms with Crippen molar-refractivity contribution in [2.24, 2.45) is 5.10 Å². The Morgan fingerprint density at radius 1 is 1.07 bits per heavy atom. The van der Waals surface area contributed by atoms with E-state index in [1.807, 2.05) is 0 Å². The van der Waals surface area contributed by atoms with Crippen molar-refractivity contribution in [2.45, 2.75) is 0 Å². The Morgan fingerprint density at radius 2 is 1.83 bits per heavy atom. The summed E-state index contributed by atoms with van der Waals surface area (Å²) in [5.74, 6) is -0.600. The summed E-state index contributed by atoms with van der Waals surface area (Å²) >= 11 is 0. The van der Waals surface area contributed by atoms with E-state index >= 15 is 0 Å². The highest BCUT2D eigenvalue weighted by molar-refractivity contribution is 5.94. The molecule has 0 saturated carbocycles. The molecule has 0 spiro atoms. The molecular weight excluding hydrogens is 375 g/mol. The van der Waals surface area contributed by atoms with Crippen LogP contribution in [0.25, 0.3) is 0 Å². The third kappa shape index (κ3) is 6.24. The Kier molecular flexibility index (Phi) is 6.62. The molecular formula is C21H17FN4O3. The number of carbonyl (C=O) groups is 2. The lowest BCUT2D eigenvalue weighted by Gasteiger charge is -2.07. The van der Waals surface area contributed by atoms with Gasteiger partial charge in [0.2, 0.25) is 0 Å². The number of nitrogens with one attached hydrogen (secondary N) is 2. The van der Waals surface area contributed by atoms with Crippen molar-refractivity contribution in [1.29, 1.82) is 0 Å². The first-order valence-electron chi connectivity index (χ1n) is 8.62. The van der Waals surface area contributed by atoms with Crippen molar-refractivity contribution in [1.82, 2.24) is 10.4 Å². The number of anilines is 1. The van der Waals surface area contributed by atoms with Crippen LogP contribution in [0.3, 0.4) is 0 Å². The Bertz CT molecular complexity index is 991. The van der Waals surface area contributed by atoms with Gasteiger partial charge in [-0.2, -0.15) is 5.10 Å². The Balaban J connectivity index is 1.45. The second kappa shape index (κ2) is 9.75. The van der Waals surface area contributed by atoms with Gasteiger partial charge in [-0.1, -0.05) is 0 Å². The van der Waals surface area contributed by atoms with Gasteiger partial charge in [-0.25, -0.2) is 9.82 Å². The number of benzene rings is 2. The van der Waals surface area contributed by atoms with E-state index in [4.69, 9.17) is 4.74 Å². The number of nitrogens with zero attached hydrogens (tertiary/aromatic N) is 2. The molecule has 1 heterocycles. The van der Waals surface area contributed by atoms with Gasteiger partial charge in [0, 0.05) is 18.1 Å². The fourth-order valence-corrected chi connectivity index (χ4v) is 2.26. The fraction of sp³-hybridized carbons (Fsp3) is 0.0476. The number of hydrogen-bond donors (Lipinski definition) is 2. The summed E-state index contributed by atoms with van der Waals surface area (Å²) < 4.78 is 18.3. The smallest absolute Gasteiger partial charge is 0.272 e. The first-order chi connectivity index (χ1) is 14.1. The zero-order valence-electron chi connectivity index (χ0n) is 15.2. The molecule has 0 saturated heterocycles. The van der Waals surface area contributed by atoms with Gasteiger partial charge in [0.25, 0.3) is 11.8 Å². The van der Waals surface area contributed by atoms with Crippen LogP contribution in [0.5, 0.6) is 5.75 Å². The minimum Gasteiger partial charge on any atom is -0.484 e. The maximum atomic E-state index is 12.9. The highest BCUT2D eigenvalue weighted by Crippen LogP contribution is 2.12. The van der Waals surface area contributed by atoms with Gasteiger partial charge >= 0.3 is 0 Å². The van der Waals surface area contributed by atoms with Crippen molar-refractivity contribution in [3.8, 4) is 5.75 Å². The van der Waals surface area contributed by atoms with Gasteiger partial charge in [-0.3, -0.25) is 14.6 Å². The molecule has 7 nitrogen and oxygen atoms in total. The van der Waals surface area contributed by atoms with Gasteiger partial charge in [-0.15, -0.1) is 0 Å². The van der Waals surface area contributed by atoms with E-state index in [0.717, 1.165) is 5.56 Å². The van der Waals surface area contributed by atoms with Gasteiger partial charge in [0.15, 0.2) is 6.61 Å². The number of ether oxygens (including phenoxy) is 1. The molecule has 0 radical (unpaired) electrons. The molecule has 0 fully saturated rings. The third-order valence-corrected chi connectivity index (χ3v) is 3.68. The number of rotatable bonds is 7. The van der Waals surface area contributed by atoms with Crippen LogP contribution < -0.4 is 15.5 Å². The van der Waals surface area contributed by atoms with E-state index in [1.54, 1.807) is 42.6 Å². The number of amides is 2. The number of carbonyl (C=O) groups excluding carboxylic acids is 2. The summed E-state index contributed by atoms with van der Waals surface area (Å²) in [7, 11) is 0. The van der Waals surface area contributed by atoms with E-state index in [2.05, 4.69) is 20.8 Å². The third-order valence-electron chi connectivity index (χ3n) is 3.68. The average Bonchev–Trinajstić information content (AvgIpc) is 2.75. The highest BCUT2D eigenvalue weighted by atomic mass is 19.1. The molecule has 3 aromatic rings. The highest BCUT2D eigenvalue weighted by Gasteiger charge is 2.05. The molecule has 29 heavy (non-hydrogen) atoms. The molecule has 2 amide bonds. The first-order valence-corrected chi connectivity index (χ1v) is 8.62. The Labute approximate surface area is 166 Å². The largest absolute Gasteiger partial charge is 0.484 e. The van der Waals surface area contributed by atoms with Crippen molar-refractivity contribution in [3.63, 3.8) is 0 Å². The second-order valence-corrected chi connectivity index (χ2v) is 5.85. The molecule has 0 unspecified atom stereocenters. The fourth-order valence-electron chi connectivity index (χ4n) is 2.26. The number of pyridine rings is 1. The van der Waals surface area contributed by atoms with Crippen LogP contribution in [-0.4, -0.2) is 29.6 Å². The lowest BCUT2D eigenvalue weighted by Crippen LogP contribution is -2.20. The van der Waals surface area contributed by atoms with Crippen molar-refractivity contribution in [2.75, 3.05) is 11.9 Å². The summed E-state index contributed by atoms with van der Waals surface area (Å²) in [5, 5.41) is 6.50. The standard InChI is InChI=1S/C21H17FN4O3/c22-17-5-7-18(8-6-17)25-20(27)14-29-19-9-3-15(4-10-19)12-24-26-21(28)16-2-1-11-23-13-16/h1-13H,14H2,(H,25,27)(H,26,28)/b24-12+. The van der Waals surface area contributed by atoms with E-state index < -0.39 is 0 Å². The normalized spacial score (nSPS) is 10.5. The van der Waals surface area contributed by atoms with Crippen LogP contribution in [0, 0.1) is 5.82 Å². The molecule has 0 aliphatic heterocycles. The van der Waals surface area contributed by atoms with Crippen molar-refractivity contribution in [3.05, 3.63) is 90.0 Å². The van der Waals surface area contributed by atoms with Crippen LogP contribution in [0.15, 0.2) is 78.2 Å². The van der Waals surface area contributed by atoms with Crippen LogP contribution in [0.1, 0.15) is 15.9 Å². The van der Waals surface area contributed by atoms with Gasteiger partial charge in [-0.05, 0) is 66.2 Å². The minimum absolute atomic E-state index is 0.189. The summed E-state index contributed by atoms with van der Waals surface area (Å²) in [6.45, 7) is -0.189. The molecule has 8 heteroatoms. The van der Waals surface area contributed by atoms with Crippen LogP contribution in [0.2, 0.25) is 0 Å². The predicted octanol–water partition coefficient (Wildman–Crippen LogP) is 3.00. The Morgan fingerprint density at radius 3 is 2.52 bits per heavy atom. The van der Waals surface area contributed by atoms with Gasteiger partial charge in [0.05, 0.1) is 11.8 Å². The topological polar surface area (TPSA) is 92.7 Å². The maximum Gasteiger partial charge on any atom is 0.272 e. The molecule has 3 rings (SSSR count). The average molecular weight is 392 g/mol. The maximum absolute atomic E-state index is 12.9. The molecule has 0 aliphatic carbocycles. The van der Waals surface area contributed by atoms with Crippen LogP contribution in [0.4, 0.5) is 10.1 Å². The molecule has 1 aromatic heterocycles. The molecule has 2 aromatic carbocycles. The molecule has 0 bridgehead atoms. The number of aromatic nitrogens is 1. The summed E-state index contributed by atoms with van der Waals surface area (Å²) in [6, 6.07) is 15.6. The minimum atomic E-state index is -0.375. The molecule has 0 atom stereocenters. The zero-order valence-corrected chi connectivity index (χ0v) is 15.2. The van der Waals surface area contributed by atoms with Crippen molar-refractivity contribution < 1.29 is 18.7 Å². The number of halogens is 1. The van der Waals surface area contributed by atoms with Gasteiger partial charge < -0.3 is 10.1 Å². The van der Waals surface area contributed by atoms with Crippen molar-refractivity contribution >= 4 is 23.7 Å². The lowest BCUT2D eigenvalue weighted by atomic mass is 10.2. The van der Waals surface area contributed by atoms with E-state index in [0.29, 0.717) is 17.0 Å². The monoisotopic (exact) mass is 392 g/mol. The summed E-state index contributed by atoms with van der Waals surface area (Å²) in [6.07, 6.45) is 4.51. The summed E-state index contributed by atoms with van der Waals surface area (Å²) in [5.41, 5.74) is 4.04. The molecule has 2 N–H and O–H groups in total. The molecule has 146 valence electrons. The Hall–Kier alpha value is -4.07. The van der Waals surface area contributed by atoms with Crippen LogP contribution in [-0.2, 0) is 4.79 Å². The van der Waals surface area contributed by atoms with E-state index in [-0.39, 0.29) is 24.2 Å².